The molecule has 2 fully saturated rings. The van der Waals surface area contributed by atoms with Crippen molar-refractivity contribution in [2.45, 2.75) is 26.7 Å². The minimum atomic E-state index is -0.787. The number of fused-ring (bicyclic) bond motifs is 1. The molecule has 6 heteroatoms. The van der Waals surface area contributed by atoms with Crippen LogP contribution in [0.1, 0.15) is 28.2 Å². The maximum Gasteiger partial charge on any atom is 0.258 e. The van der Waals surface area contributed by atoms with Crippen molar-refractivity contribution < 1.29 is 14.3 Å². The molecule has 5 nitrogen and oxygen atoms in total. The highest BCUT2D eigenvalue weighted by molar-refractivity contribution is 6.30. The van der Waals surface area contributed by atoms with Crippen molar-refractivity contribution in [1.29, 1.82) is 0 Å². The molecule has 0 aromatic heterocycles. The monoisotopic (exact) mass is 398 g/mol. The molecular formula is C22H23ClN2O3. The second-order valence-corrected chi connectivity index (χ2v) is 7.84. The lowest BCUT2D eigenvalue weighted by Crippen LogP contribution is -2.41. The van der Waals surface area contributed by atoms with Crippen molar-refractivity contribution in [2.24, 2.45) is 0 Å². The number of hydrogen-bond acceptors (Lipinski definition) is 3. The number of hydrogen-bond donors (Lipinski definition) is 0. The second-order valence-electron chi connectivity index (χ2n) is 7.40. The van der Waals surface area contributed by atoms with Gasteiger partial charge in [0, 0.05) is 5.02 Å². The number of rotatable bonds is 2. The van der Waals surface area contributed by atoms with Crippen LogP contribution >= 0.6 is 11.6 Å². The Morgan fingerprint density at radius 2 is 1.50 bits per heavy atom. The van der Waals surface area contributed by atoms with E-state index < -0.39 is 5.92 Å². The minimum Gasteiger partial charge on any atom is -0.378 e. The molecule has 2 amide bonds. The Bertz CT molecular complexity index is 931. The fraction of sp³-hybridized carbons (Fsp3) is 0.364. The molecular weight excluding hydrogens is 376 g/mol. The smallest absolute Gasteiger partial charge is 0.258 e. The lowest BCUT2D eigenvalue weighted by atomic mass is 9.83. The Labute approximate surface area is 169 Å². The third-order valence-corrected chi connectivity index (χ3v) is 5.89. The third-order valence-electron chi connectivity index (χ3n) is 5.64. The first kappa shape index (κ1) is 19.0. The van der Waals surface area contributed by atoms with Gasteiger partial charge in [0.1, 0.15) is 5.92 Å². The molecule has 0 radical (unpaired) electrons. The van der Waals surface area contributed by atoms with Crippen LogP contribution in [0.25, 0.3) is 11.1 Å². The molecule has 4 rings (SSSR count). The summed E-state index contributed by atoms with van der Waals surface area (Å²) in [5.41, 5.74) is 5.96. The standard InChI is InChI=1S/C22H23ClN2O3/c1-13-12-14(2)19(15(3)18(13)16-4-6-17(23)7-5-16)20-21(26)24-8-10-28-11-9-25(24)22(20)27/h4-7,12,20H,8-11H2,1-3H3. The van der Waals surface area contributed by atoms with Gasteiger partial charge in [-0.1, -0.05) is 29.8 Å². The number of benzene rings is 2. The minimum absolute atomic E-state index is 0.160. The van der Waals surface area contributed by atoms with Crippen LogP contribution in [0.2, 0.25) is 5.02 Å². The molecule has 0 bridgehead atoms. The van der Waals surface area contributed by atoms with Gasteiger partial charge in [0.05, 0.1) is 26.3 Å². The zero-order chi connectivity index (χ0) is 20.0. The summed E-state index contributed by atoms with van der Waals surface area (Å²) in [5.74, 6) is -1.11. The van der Waals surface area contributed by atoms with Gasteiger partial charge in [-0.2, -0.15) is 0 Å². The largest absolute Gasteiger partial charge is 0.378 e. The number of carbonyl (C=O) groups excluding carboxylic acids is 2. The van der Waals surface area contributed by atoms with Gasteiger partial charge >= 0.3 is 0 Å². The zero-order valence-electron chi connectivity index (χ0n) is 16.3. The SMILES string of the molecule is Cc1cc(C)c(C2C(=O)N3CCOCCN3C2=O)c(C)c1-c1ccc(Cl)cc1. The third kappa shape index (κ3) is 2.99. The average Bonchev–Trinajstić information content (AvgIpc) is 2.83. The van der Waals surface area contributed by atoms with Crippen LogP contribution in [0.15, 0.2) is 30.3 Å². The summed E-state index contributed by atoms with van der Waals surface area (Å²) in [6, 6.07) is 9.73. The van der Waals surface area contributed by atoms with Gasteiger partial charge in [0.15, 0.2) is 0 Å². The quantitative estimate of drug-likeness (QED) is 0.726. The Morgan fingerprint density at radius 3 is 2.07 bits per heavy atom. The fourth-order valence-electron chi connectivity index (χ4n) is 4.46. The van der Waals surface area contributed by atoms with E-state index in [4.69, 9.17) is 16.3 Å². The average molecular weight is 399 g/mol. The van der Waals surface area contributed by atoms with E-state index >= 15 is 0 Å². The van der Waals surface area contributed by atoms with Crippen molar-refractivity contribution in [1.82, 2.24) is 10.0 Å². The number of ether oxygens (including phenoxy) is 1. The molecule has 2 aromatic rings. The molecule has 2 aliphatic heterocycles. The number of carbonyl (C=O) groups is 2. The maximum absolute atomic E-state index is 13.2. The number of hydrazine groups is 1. The van der Waals surface area contributed by atoms with Crippen molar-refractivity contribution in [3.05, 3.63) is 57.6 Å². The summed E-state index contributed by atoms with van der Waals surface area (Å²) >= 11 is 6.05. The van der Waals surface area contributed by atoms with E-state index in [0.29, 0.717) is 31.3 Å². The van der Waals surface area contributed by atoms with Gasteiger partial charge in [-0.3, -0.25) is 9.59 Å². The highest BCUT2D eigenvalue weighted by Gasteiger charge is 2.47. The predicted molar refractivity (Wildman–Crippen MR) is 108 cm³/mol. The summed E-state index contributed by atoms with van der Waals surface area (Å²) in [6.07, 6.45) is 0. The number of aryl methyl sites for hydroxylation is 2. The van der Waals surface area contributed by atoms with Crippen LogP contribution in [0.3, 0.4) is 0 Å². The van der Waals surface area contributed by atoms with E-state index in [-0.39, 0.29) is 11.8 Å². The molecule has 146 valence electrons. The molecule has 0 N–H and O–H groups in total. The van der Waals surface area contributed by atoms with Crippen LogP contribution in [0, 0.1) is 20.8 Å². The van der Waals surface area contributed by atoms with Crippen molar-refractivity contribution in [3.8, 4) is 11.1 Å². The first-order valence-electron chi connectivity index (χ1n) is 9.47. The Balaban J connectivity index is 1.84. The fourth-order valence-corrected chi connectivity index (χ4v) is 4.59. The molecule has 0 aliphatic carbocycles. The van der Waals surface area contributed by atoms with Crippen molar-refractivity contribution >= 4 is 23.4 Å². The molecule has 0 unspecified atom stereocenters. The van der Waals surface area contributed by atoms with Crippen LogP contribution in [0.5, 0.6) is 0 Å². The van der Waals surface area contributed by atoms with E-state index in [2.05, 4.69) is 13.0 Å². The van der Waals surface area contributed by atoms with Crippen LogP contribution in [0.4, 0.5) is 0 Å². The van der Waals surface area contributed by atoms with E-state index in [1.807, 2.05) is 38.1 Å². The first-order valence-corrected chi connectivity index (χ1v) is 9.85. The van der Waals surface area contributed by atoms with Crippen molar-refractivity contribution in [3.63, 3.8) is 0 Å². The lowest BCUT2D eigenvalue weighted by molar-refractivity contribution is -0.145. The number of amides is 2. The van der Waals surface area contributed by atoms with Gasteiger partial charge in [-0.05, 0) is 66.3 Å². The number of halogens is 1. The van der Waals surface area contributed by atoms with E-state index in [1.165, 1.54) is 0 Å². The molecule has 2 aromatic carbocycles. The molecule has 28 heavy (non-hydrogen) atoms. The normalized spacial score (nSPS) is 17.9. The Kier molecular flexibility index (Phi) is 4.89. The molecule has 2 heterocycles. The number of nitrogens with zero attached hydrogens (tertiary/aromatic N) is 2. The molecule has 0 atom stereocenters. The van der Waals surface area contributed by atoms with E-state index in [9.17, 15) is 9.59 Å². The van der Waals surface area contributed by atoms with Gasteiger partial charge in [-0.25, -0.2) is 10.0 Å². The maximum atomic E-state index is 13.2. The molecule has 2 aliphatic rings. The second kappa shape index (κ2) is 7.22. The van der Waals surface area contributed by atoms with Crippen LogP contribution in [-0.4, -0.2) is 48.1 Å². The summed E-state index contributed by atoms with van der Waals surface area (Å²) in [5, 5.41) is 3.79. The summed E-state index contributed by atoms with van der Waals surface area (Å²) < 4.78 is 5.42. The van der Waals surface area contributed by atoms with E-state index in [0.717, 1.165) is 33.4 Å². The Morgan fingerprint density at radius 1 is 0.929 bits per heavy atom. The lowest BCUT2D eigenvalue weighted by Gasteiger charge is -2.23. The van der Waals surface area contributed by atoms with Gasteiger partial charge in [0.25, 0.3) is 11.8 Å². The topological polar surface area (TPSA) is 49.9 Å². The zero-order valence-corrected chi connectivity index (χ0v) is 17.0. The van der Waals surface area contributed by atoms with E-state index in [1.54, 1.807) is 10.0 Å². The first-order chi connectivity index (χ1) is 13.4. The van der Waals surface area contributed by atoms with Gasteiger partial charge in [-0.15, -0.1) is 0 Å². The predicted octanol–water partition coefficient (Wildman–Crippen LogP) is 3.63. The summed E-state index contributed by atoms with van der Waals surface area (Å²) in [7, 11) is 0. The highest BCUT2D eigenvalue weighted by atomic mass is 35.5. The van der Waals surface area contributed by atoms with Gasteiger partial charge < -0.3 is 4.74 Å². The summed E-state index contributed by atoms with van der Waals surface area (Å²) in [6.45, 7) is 7.75. The summed E-state index contributed by atoms with van der Waals surface area (Å²) in [4.78, 5) is 26.4. The van der Waals surface area contributed by atoms with Crippen molar-refractivity contribution in [2.75, 3.05) is 26.3 Å². The van der Waals surface area contributed by atoms with Gasteiger partial charge in [0.2, 0.25) is 0 Å². The van der Waals surface area contributed by atoms with Crippen LogP contribution in [-0.2, 0) is 14.3 Å². The molecule has 2 saturated heterocycles. The Hall–Kier alpha value is -2.37. The highest BCUT2D eigenvalue weighted by Crippen LogP contribution is 2.39. The molecule has 0 saturated carbocycles. The van der Waals surface area contributed by atoms with Crippen LogP contribution < -0.4 is 0 Å². The molecule has 0 spiro atoms.